The van der Waals surface area contributed by atoms with Gasteiger partial charge in [-0.3, -0.25) is 34.4 Å². The Hall–Kier alpha value is -4.78. The van der Waals surface area contributed by atoms with Crippen LogP contribution in [0.2, 0.25) is 5.02 Å². The van der Waals surface area contributed by atoms with Gasteiger partial charge in [-0.25, -0.2) is 0 Å². The summed E-state index contributed by atoms with van der Waals surface area (Å²) >= 11 is 6.41. The zero-order chi connectivity index (χ0) is 39.6. The summed E-state index contributed by atoms with van der Waals surface area (Å²) in [4.78, 5) is 57.8. The van der Waals surface area contributed by atoms with Crippen LogP contribution in [0.25, 0.3) is 22.2 Å². The molecule has 4 heterocycles. The molecule has 1 saturated heterocycles. The lowest BCUT2D eigenvalue weighted by Crippen LogP contribution is -2.52. The molecule has 1 unspecified atom stereocenters. The number of unbranched alkanes of at least 4 members (excludes halogenated alkanes) is 3. The smallest absolute Gasteiger partial charge is 0.323 e. The molecule has 298 valence electrons. The molecule has 4 N–H and O–H groups in total. The summed E-state index contributed by atoms with van der Waals surface area (Å²) in [5, 5.41) is 27.9. The average Bonchev–Trinajstić information content (AvgIpc) is 3.39. The molecule has 56 heavy (non-hydrogen) atoms. The molecule has 2 aromatic carbocycles. The molecule has 12 nitrogen and oxygen atoms in total. The van der Waals surface area contributed by atoms with E-state index in [0.717, 1.165) is 97.3 Å². The number of carboxylic acids is 2. The number of likely N-dealkylation sites (tertiary alicyclic amines) is 1. The fourth-order valence-electron chi connectivity index (χ4n) is 8.33. The summed E-state index contributed by atoms with van der Waals surface area (Å²) in [6.07, 6.45) is 12.3. The molecule has 6 rings (SSSR count). The van der Waals surface area contributed by atoms with Crippen LogP contribution in [0, 0.1) is 0 Å². The molecule has 1 fully saturated rings. The summed E-state index contributed by atoms with van der Waals surface area (Å²) in [6.45, 7) is 1.71. The monoisotopic (exact) mass is 784 g/mol. The van der Waals surface area contributed by atoms with Gasteiger partial charge in [0.05, 0.1) is 11.7 Å². The second-order valence-corrected chi connectivity index (χ2v) is 15.5. The third-order valence-electron chi connectivity index (χ3n) is 11.3. The van der Waals surface area contributed by atoms with E-state index in [1.165, 1.54) is 10.5 Å². The summed E-state index contributed by atoms with van der Waals surface area (Å²) in [6, 6.07) is 15.9. The number of carbonyl (C=O) groups is 4. The Kier molecular flexibility index (Phi) is 14.1. The van der Waals surface area contributed by atoms with Crippen molar-refractivity contribution in [2.75, 3.05) is 31.1 Å². The van der Waals surface area contributed by atoms with Crippen LogP contribution >= 0.6 is 11.6 Å². The van der Waals surface area contributed by atoms with E-state index in [9.17, 15) is 29.4 Å². The van der Waals surface area contributed by atoms with Gasteiger partial charge >= 0.3 is 11.9 Å². The minimum absolute atomic E-state index is 0.214. The molecule has 2 atom stereocenters. The maximum atomic E-state index is 13.4. The number of nitrogens with one attached hydrogen (secondary N) is 2. The predicted octanol–water partition coefficient (Wildman–Crippen LogP) is 6.22. The standard InChI is InChI=1S/C43H53ClN6O6/c1-48-38-19-17-31(44)26-34(38)33(41(48)30-11-9-22-45-27-30)12-3-2-4-15-39(51)49-24-20-32(21-25-49)46-23-8-7-13-36(43(55)56)47-35-18-16-29-10-5-6-14-37(29)50(42(35)54)28-40(52)53/h5-6,9-11,14,17,19,22,26-27,32,35-36,46-47H,2-4,7-8,12-13,15-16,18,20-21,23-25,28H2,1H3,(H,52,53)(H,55,56)/t35?,36-/m0/s1. The Morgan fingerprint density at radius 1 is 0.964 bits per heavy atom. The van der Waals surface area contributed by atoms with E-state index in [-0.39, 0.29) is 5.91 Å². The first-order valence-corrected chi connectivity index (χ1v) is 20.3. The lowest BCUT2D eigenvalue weighted by molar-refractivity contribution is -0.141. The van der Waals surface area contributed by atoms with Crippen LogP contribution in [-0.4, -0.2) is 92.7 Å². The number of carbonyl (C=O) groups excluding carboxylic acids is 2. The minimum Gasteiger partial charge on any atom is -0.480 e. The number of aromatic nitrogens is 2. The summed E-state index contributed by atoms with van der Waals surface area (Å²) < 4.78 is 2.22. The molecule has 13 heteroatoms. The zero-order valence-electron chi connectivity index (χ0n) is 32.1. The van der Waals surface area contributed by atoms with Crippen molar-refractivity contribution in [2.45, 2.75) is 95.2 Å². The molecule has 0 saturated carbocycles. The van der Waals surface area contributed by atoms with Gasteiger partial charge in [-0.1, -0.05) is 42.6 Å². The highest BCUT2D eigenvalue weighted by atomic mass is 35.5. The lowest BCUT2D eigenvalue weighted by Gasteiger charge is -2.32. The maximum absolute atomic E-state index is 13.4. The number of hydrogen-bond donors (Lipinski definition) is 4. The van der Waals surface area contributed by atoms with Crippen molar-refractivity contribution in [1.29, 1.82) is 0 Å². The minimum atomic E-state index is -1.13. The number of anilines is 1. The van der Waals surface area contributed by atoms with Crippen molar-refractivity contribution >= 4 is 51.9 Å². The molecule has 4 aromatic rings. The van der Waals surface area contributed by atoms with Gasteiger partial charge in [0.25, 0.3) is 0 Å². The lowest BCUT2D eigenvalue weighted by atomic mass is 9.99. The fraction of sp³-hybridized carbons (Fsp3) is 0.465. The number of amides is 2. The Balaban J connectivity index is 0.884. The number of aliphatic carboxylic acids is 2. The Bertz CT molecular complexity index is 2000. The number of halogens is 1. The van der Waals surface area contributed by atoms with Crippen LogP contribution < -0.4 is 15.5 Å². The van der Waals surface area contributed by atoms with Crippen molar-refractivity contribution in [3.63, 3.8) is 0 Å². The quantitative estimate of drug-likeness (QED) is 0.0860. The number of nitrogens with zero attached hydrogens (tertiary/aromatic N) is 4. The first-order chi connectivity index (χ1) is 27.1. The van der Waals surface area contributed by atoms with E-state index in [1.807, 2.05) is 41.4 Å². The van der Waals surface area contributed by atoms with Crippen LogP contribution in [0.3, 0.4) is 0 Å². The highest BCUT2D eigenvalue weighted by Crippen LogP contribution is 2.35. The Labute approximate surface area is 333 Å². The molecular weight excluding hydrogens is 732 g/mol. The first kappa shape index (κ1) is 40.9. The van der Waals surface area contributed by atoms with Gasteiger partial charge in [-0.15, -0.1) is 0 Å². The number of hydrogen-bond acceptors (Lipinski definition) is 7. The molecule has 2 aliphatic heterocycles. The number of pyridine rings is 1. The SMILES string of the molecule is Cn1c(-c2cccnc2)c(CCCCCC(=O)N2CCC(NCCCC[C@H](NC3CCc4ccccc4N(CC(=O)O)C3=O)C(=O)O)CC2)c2cc(Cl)ccc21. The number of piperidine rings is 1. The van der Waals surface area contributed by atoms with E-state index in [0.29, 0.717) is 43.8 Å². The van der Waals surface area contributed by atoms with Crippen molar-refractivity contribution < 1.29 is 29.4 Å². The van der Waals surface area contributed by atoms with E-state index in [4.69, 9.17) is 11.6 Å². The molecule has 0 bridgehead atoms. The second-order valence-electron chi connectivity index (χ2n) is 15.1. The summed E-state index contributed by atoms with van der Waals surface area (Å²) in [5.74, 6) is -2.37. The zero-order valence-corrected chi connectivity index (χ0v) is 32.8. The molecule has 2 amide bonds. The molecular formula is C43H53ClN6O6. The van der Waals surface area contributed by atoms with Crippen LogP contribution in [0.15, 0.2) is 67.0 Å². The number of rotatable bonds is 18. The van der Waals surface area contributed by atoms with E-state index in [2.05, 4.69) is 39.4 Å². The summed E-state index contributed by atoms with van der Waals surface area (Å²) in [5.41, 5.74) is 6.07. The summed E-state index contributed by atoms with van der Waals surface area (Å²) in [7, 11) is 2.08. The molecule has 2 aliphatic rings. The highest BCUT2D eigenvalue weighted by molar-refractivity contribution is 6.31. The predicted molar refractivity (Wildman–Crippen MR) is 218 cm³/mol. The topological polar surface area (TPSA) is 157 Å². The normalized spacial score (nSPS) is 16.8. The fourth-order valence-corrected chi connectivity index (χ4v) is 8.50. The molecule has 0 spiro atoms. The van der Waals surface area contributed by atoms with Crippen molar-refractivity contribution in [1.82, 2.24) is 25.1 Å². The largest absolute Gasteiger partial charge is 0.480 e. The van der Waals surface area contributed by atoms with Crippen molar-refractivity contribution in [2.24, 2.45) is 7.05 Å². The van der Waals surface area contributed by atoms with Gasteiger partial charge in [0.2, 0.25) is 11.8 Å². The van der Waals surface area contributed by atoms with E-state index >= 15 is 0 Å². The number of aryl methyl sites for hydroxylation is 3. The number of benzene rings is 2. The third-order valence-corrected chi connectivity index (χ3v) is 11.5. The molecule has 0 aliphatic carbocycles. The average molecular weight is 785 g/mol. The van der Waals surface area contributed by atoms with Crippen LogP contribution in [-0.2, 0) is 39.1 Å². The van der Waals surface area contributed by atoms with Crippen LogP contribution in [0.4, 0.5) is 5.69 Å². The van der Waals surface area contributed by atoms with E-state index < -0.39 is 36.5 Å². The highest BCUT2D eigenvalue weighted by Gasteiger charge is 2.34. The second kappa shape index (κ2) is 19.4. The van der Waals surface area contributed by atoms with Crippen molar-refractivity contribution in [3.05, 3.63) is 83.1 Å². The number of fused-ring (bicyclic) bond motifs is 2. The van der Waals surface area contributed by atoms with Gasteiger partial charge in [0.15, 0.2) is 0 Å². The maximum Gasteiger partial charge on any atom is 0.323 e. The van der Waals surface area contributed by atoms with Crippen LogP contribution in [0.5, 0.6) is 0 Å². The van der Waals surface area contributed by atoms with Gasteiger partial charge in [-0.05, 0) is 112 Å². The first-order valence-electron chi connectivity index (χ1n) is 19.9. The van der Waals surface area contributed by atoms with Gasteiger partial charge in [0.1, 0.15) is 12.6 Å². The number of carboxylic acid groups (broad SMARTS) is 2. The number of para-hydroxylation sites is 1. The van der Waals surface area contributed by atoms with Gasteiger partial charge in [-0.2, -0.15) is 0 Å². The molecule has 2 aromatic heterocycles. The Morgan fingerprint density at radius 3 is 2.52 bits per heavy atom. The van der Waals surface area contributed by atoms with Crippen LogP contribution in [0.1, 0.15) is 75.3 Å². The Morgan fingerprint density at radius 2 is 1.77 bits per heavy atom. The molecule has 0 radical (unpaired) electrons. The van der Waals surface area contributed by atoms with Gasteiger partial charge < -0.3 is 25.0 Å². The van der Waals surface area contributed by atoms with E-state index in [1.54, 1.807) is 18.3 Å². The third kappa shape index (κ3) is 10.1. The van der Waals surface area contributed by atoms with Gasteiger partial charge in [0, 0.05) is 72.2 Å². The van der Waals surface area contributed by atoms with Crippen molar-refractivity contribution in [3.8, 4) is 11.3 Å².